The van der Waals surface area contributed by atoms with Gasteiger partial charge in [0.15, 0.2) is 0 Å². The third-order valence-electron chi connectivity index (χ3n) is 2.09. The normalized spacial score (nSPS) is 15.2. The van der Waals surface area contributed by atoms with E-state index in [9.17, 15) is 14.6 Å². The molecule has 2 atom stereocenters. The smallest absolute Gasteiger partial charge is 0.129 e. The van der Waals surface area contributed by atoms with Crippen LogP contribution in [-0.4, -0.2) is 22.2 Å². The summed E-state index contributed by atoms with van der Waals surface area (Å²) in [4.78, 5) is 0. The Kier molecular flexibility index (Phi) is 3.86. The molecule has 0 spiro atoms. The SMILES string of the molecule is Cc1cccc(F)c1C(O)C(O)CCl. The van der Waals surface area contributed by atoms with Crippen molar-refractivity contribution in [1.82, 2.24) is 0 Å². The van der Waals surface area contributed by atoms with Gasteiger partial charge in [0.25, 0.3) is 0 Å². The Labute approximate surface area is 86.9 Å². The third kappa shape index (κ3) is 2.23. The molecule has 78 valence electrons. The molecule has 0 heterocycles. The molecule has 0 aliphatic carbocycles. The van der Waals surface area contributed by atoms with E-state index in [0.717, 1.165) is 0 Å². The zero-order chi connectivity index (χ0) is 10.7. The molecule has 1 rings (SSSR count). The quantitative estimate of drug-likeness (QED) is 0.760. The highest BCUT2D eigenvalue weighted by molar-refractivity contribution is 6.18. The molecule has 0 fully saturated rings. The summed E-state index contributed by atoms with van der Waals surface area (Å²) in [5, 5.41) is 18.9. The van der Waals surface area contributed by atoms with Crippen LogP contribution in [0.3, 0.4) is 0 Å². The van der Waals surface area contributed by atoms with Gasteiger partial charge in [-0.2, -0.15) is 0 Å². The first-order chi connectivity index (χ1) is 6.57. The predicted octanol–water partition coefficient (Wildman–Crippen LogP) is 1.77. The summed E-state index contributed by atoms with van der Waals surface area (Å²) >= 11 is 5.37. The third-order valence-corrected chi connectivity index (χ3v) is 2.41. The van der Waals surface area contributed by atoms with Crippen molar-refractivity contribution >= 4 is 11.6 Å². The summed E-state index contributed by atoms with van der Waals surface area (Å²) in [6, 6.07) is 4.46. The fraction of sp³-hybridized carbons (Fsp3) is 0.400. The Morgan fingerprint density at radius 2 is 2.07 bits per heavy atom. The van der Waals surface area contributed by atoms with Gasteiger partial charge in [-0.3, -0.25) is 0 Å². The van der Waals surface area contributed by atoms with Crippen LogP contribution in [0, 0.1) is 12.7 Å². The second kappa shape index (κ2) is 4.73. The van der Waals surface area contributed by atoms with Gasteiger partial charge in [0.1, 0.15) is 11.9 Å². The van der Waals surface area contributed by atoms with E-state index in [1.165, 1.54) is 6.07 Å². The number of aliphatic hydroxyl groups is 2. The first kappa shape index (κ1) is 11.4. The summed E-state index contributed by atoms with van der Waals surface area (Å²) < 4.78 is 13.3. The van der Waals surface area contributed by atoms with Crippen LogP contribution in [0.4, 0.5) is 4.39 Å². The second-order valence-electron chi connectivity index (χ2n) is 3.14. The predicted molar refractivity (Wildman–Crippen MR) is 52.8 cm³/mol. The molecule has 0 aliphatic heterocycles. The summed E-state index contributed by atoms with van der Waals surface area (Å²) in [6.07, 6.45) is -2.42. The van der Waals surface area contributed by atoms with Crippen molar-refractivity contribution < 1.29 is 14.6 Å². The number of hydrogen-bond acceptors (Lipinski definition) is 2. The molecule has 0 saturated heterocycles. The highest BCUT2D eigenvalue weighted by atomic mass is 35.5. The van der Waals surface area contributed by atoms with E-state index in [-0.39, 0.29) is 11.4 Å². The number of hydrogen-bond donors (Lipinski definition) is 2. The maximum atomic E-state index is 13.3. The van der Waals surface area contributed by atoms with Crippen LogP contribution in [0.1, 0.15) is 17.2 Å². The van der Waals surface area contributed by atoms with Crippen LogP contribution >= 0.6 is 11.6 Å². The second-order valence-corrected chi connectivity index (χ2v) is 3.45. The molecule has 0 saturated carbocycles. The first-order valence-corrected chi connectivity index (χ1v) is 4.78. The summed E-state index contributed by atoms with van der Waals surface area (Å²) in [5.41, 5.74) is 0.710. The number of halogens is 2. The molecule has 0 bridgehead atoms. The molecule has 2 unspecified atom stereocenters. The lowest BCUT2D eigenvalue weighted by atomic mass is 9.99. The molecule has 0 amide bonds. The van der Waals surface area contributed by atoms with Crippen molar-refractivity contribution in [1.29, 1.82) is 0 Å². The standard InChI is InChI=1S/C10H12ClFO2/c1-6-3-2-4-7(12)9(6)10(14)8(13)5-11/h2-4,8,10,13-14H,5H2,1H3. The fourth-order valence-corrected chi connectivity index (χ4v) is 1.46. The Bertz CT molecular complexity index is 297. The van der Waals surface area contributed by atoms with Gasteiger partial charge in [-0.25, -0.2) is 4.39 Å². The summed E-state index contributed by atoms with van der Waals surface area (Å²) in [5.74, 6) is -0.656. The van der Waals surface area contributed by atoms with Crippen molar-refractivity contribution in [2.75, 3.05) is 5.88 Å². The molecule has 2 N–H and O–H groups in total. The topological polar surface area (TPSA) is 40.5 Å². The zero-order valence-corrected chi connectivity index (χ0v) is 8.50. The zero-order valence-electron chi connectivity index (χ0n) is 7.74. The van der Waals surface area contributed by atoms with Gasteiger partial charge < -0.3 is 10.2 Å². The van der Waals surface area contributed by atoms with Gasteiger partial charge in [-0.05, 0) is 18.6 Å². The number of aliphatic hydroxyl groups excluding tert-OH is 2. The molecule has 14 heavy (non-hydrogen) atoms. The van der Waals surface area contributed by atoms with E-state index in [1.54, 1.807) is 19.1 Å². The number of rotatable bonds is 3. The van der Waals surface area contributed by atoms with E-state index >= 15 is 0 Å². The van der Waals surface area contributed by atoms with Crippen LogP contribution in [0.5, 0.6) is 0 Å². The minimum absolute atomic E-state index is 0.112. The highest BCUT2D eigenvalue weighted by Crippen LogP contribution is 2.24. The fourth-order valence-electron chi connectivity index (χ4n) is 1.30. The van der Waals surface area contributed by atoms with Crippen molar-refractivity contribution in [3.8, 4) is 0 Å². The lowest BCUT2D eigenvalue weighted by molar-refractivity contribution is 0.0300. The first-order valence-electron chi connectivity index (χ1n) is 4.25. The van der Waals surface area contributed by atoms with Crippen molar-refractivity contribution in [2.45, 2.75) is 19.1 Å². The molecule has 4 heteroatoms. The monoisotopic (exact) mass is 218 g/mol. The van der Waals surface area contributed by atoms with Gasteiger partial charge in [-0.1, -0.05) is 12.1 Å². The summed E-state index contributed by atoms with van der Waals surface area (Å²) in [7, 11) is 0. The van der Waals surface area contributed by atoms with Crippen LogP contribution in [-0.2, 0) is 0 Å². The average Bonchev–Trinajstić information content (AvgIpc) is 2.16. The Morgan fingerprint density at radius 1 is 1.43 bits per heavy atom. The van der Waals surface area contributed by atoms with Crippen molar-refractivity contribution in [3.63, 3.8) is 0 Å². The lowest BCUT2D eigenvalue weighted by Crippen LogP contribution is -2.21. The highest BCUT2D eigenvalue weighted by Gasteiger charge is 2.22. The summed E-state index contributed by atoms with van der Waals surface area (Å²) in [6.45, 7) is 1.67. The van der Waals surface area contributed by atoms with Gasteiger partial charge in [-0.15, -0.1) is 11.6 Å². The molecule has 2 nitrogen and oxygen atoms in total. The number of alkyl halides is 1. The van der Waals surface area contributed by atoms with E-state index in [4.69, 9.17) is 11.6 Å². The maximum absolute atomic E-state index is 13.3. The molecule has 1 aromatic rings. The number of benzene rings is 1. The average molecular weight is 219 g/mol. The van der Waals surface area contributed by atoms with Crippen LogP contribution in [0.15, 0.2) is 18.2 Å². The number of aryl methyl sites for hydroxylation is 1. The minimum atomic E-state index is -1.27. The van der Waals surface area contributed by atoms with Crippen LogP contribution in [0.25, 0.3) is 0 Å². The Hall–Kier alpha value is -0.640. The van der Waals surface area contributed by atoms with E-state index in [0.29, 0.717) is 5.56 Å². The Morgan fingerprint density at radius 3 is 2.57 bits per heavy atom. The van der Waals surface area contributed by atoms with Gasteiger partial charge in [0, 0.05) is 5.56 Å². The van der Waals surface area contributed by atoms with E-state index in [1.807, 2.05) is 0 Å². The van der Waals surface area contributed by atoms with Crippen molar-refractivity contribution in [2.24, 2.45) is 0 Å². The lowest BCUT2D eigenvalue weighted by Gasteiger charge is -2.18. The molecular formula is C10H12ClFO2. The molecule has 1 aromatic carbocycles. The van der Waals surface area contributed by atoms with Crippen molar-refractivity contribution in [3.05, 3.63) is 35.1 Å². The van der Waals surface area contributed by atoms with Crippen LogP contribution in [0.2, 0.25) is 0 Å². The van der Waals surface area contributed by atoms with Gasteiger partial charge >= 0.3 is 0 Å². The minimum Gasteiger partial charge on any atom is -0.389 e. The largest absolute Gasteiger partial charge is 0.389 e. The molecule has 0 aromatic heterocycles. The van der Waals surface area contributed by atoms with E-state index < -0.39 is 18.0 Å². The van der Waals surface area contributed by atoms with Crippen LogP contribution < -0.4 is 0 Å². The van der Waals surface area contributed by atoms with Gasteiger partial charge in [0.2, 0.25) is 0 Å². The Balaban J connectivity index is 3.05. The van der Waals surface area contributed by atoms with E-state index in [2.05, 4.69) is 0 Å². The maximum Gasteiger partial charge on any atom is 0.129 e. The molecule has 0 aliphatic rings. The molecular weight excluding hydrogens is 207 g/mol. The molecule has 0 radical (unpaired) electrons. The van der Waals surface area contributed by atoms with Gasteiger partial charge in [0.05, 0.1) is 12.0 Å².